The van der Waals surface area contributed by atoms with Crippen LogP contribution in [0.3, 0.4) is 0 Å². The lowest BCUT2D eigenvalue weighted by atomic mass is 9.96. The zero-order chi connectivity index (χ0) is 17.2. The minimum absolute atomic E-state index is 0.0127. The highest BCUT2D eigenvalue weighted by molar-refractivity contribution is 5.76. The number of carbonyl (C=O) groups is 1. The summed E-state index contributed by atoms with van der Waals surface area (Å²) in [5.41, 5.74) is 1.05. The largest absolute Gasteiger partial charge is 0.378 e. The van der Waals surface area contributed by atoms with Crippen LogP contribution in [0.25, 0.3) is 0 Å². The summed E-state index contributed by atoms with van der Waals surface area (Å²) in [7, 11) is 0. The third kappa shape index (κ3) is 4.11. The number of aromatic nitrogens is 2. The Kier molecular flexibility index (Phi) is 4.88. The van der Waals surface area contributed by atoms with Crippen molar-refractivity contribution in [2.45, 2.75) is 63.5 Å². The molecule has 0 radical (unpaired) electrons. The van der Waals surface area contributed by atoms with Crippen LogP contribution in [0.15, 0.2) is 16.9 Å². The Bertz CT molecular complexity index is 669. The van der Waals surface area contributed by atoms with E-state index in [1.165, 1.54) is 12.8 Å². The third-order valence-corrected chi connectivity index (χ3v) is 5.71. The number of amides is 1. The lowest BCUT2D eigenvalue weighted by Gasteiger charge is -2.32. The van der Waals surface area contributed by atoms with E-state index in [1.54, 1.807) is 10.7 Å². The summed E-state index contributed by atoms with van der Waals surface area (Å²) in [4.78, 5) is 26.4. The molecule has 2 aliphatic heterocycles. The fraction of sp³-hybridized carbons (Fsp3) is 0.737. The first-order valence-corrected chi connectivity index (χ1v) is 9.66. The first-order chi connectivity index (χ1) is 12.2. The Balaban J connectivity index is 1.29. The molecule has 1 saturated carbocycles. The van der Waals surface area contributed by atoms with E-state index in [0.29, 0.717) is 24.8 Å². The molecular formula is C19H27N3O3. The summed E-state index contributed by atoms with van der Waals surface area (Å²) in [6.45, 7) is 3.04. The van der Waals surface area contributed by atoms with Gasteiger partial charge in [-0.2, -0.15) is 5.10 Å². The normalized spacial score (nSPS) is 24.6. The van der Waals surface area contributed by atoms with Gasteiger partial charge in [-0.1, -0.05) is 0 Å². The van der Waals surface area contributed by atoms with Crippen molar-refractivity contribution in [1.29, 1.82) is 0 Å². The molecule has 2 saturated heterocycles. The minimum atomic E-state index is -0.0127. The van der Waals surface area contributed by atoms with Crippen LogP contribution < -0.4 is 5.56 Å². The molecule has 1 aliphatic carbocycles. The molecular weight excluding hydrogens is 318 g/mol. The zero-order valence-electron chi connectivity index (χ0n) is 14.7. The van der Waals surface area contributed by atoms with Gasteiger partial charge >= 0.3 is 0 Å². The zero-order valence-corrected chi connectivity index (χ0v) is 14.7. The molecule has 1 atom stereocenters. The number of nitrogens with zero attached hydrogens (tertiary/aromatic N) is 3. The van der Waals surface area contributed by atoms with E-state index in [4.69, 9.17) is 4.74 Å². The molecule has 6 nitrogen and oxygen atoms in total. The van der Waals surface area contributed by atoms with Gasteiger partial charge in [-0.3, -0.25) is 9.59 Å². The number of likely N-dealkylation sites (tertiary alicyclic amines) is 1. The topological polar surface area (TPSA) is 64.4 Å². The maximum absolute atomic E-state index is 12.4. The van der Waals surface area contributed by atoms with Gasteiger partial charge in [0.1, 0.15) is 0 Å². The van der Waals surface area contributed by atoms with E-state index < -0.39 is 0 Å². The van der Waals surface area contributed by atoms with Gasteiger partial charge in [-0.05, 0) is 50.5 Å². The molecule has 0 bridgehead atoms. The molecule has 3 fully saturated rings. The fourth-order valence-corrected chi connectivity index (χ4v) is 3.93. The molecule has 3 aliphatic rings. The summed E-state index contributed by atoms with van der Waals surface area (Å²) in [6.07, 6.45) is 6.99. The Morgan fingerprint density at radius 3 is 2.64 bits per heavy atom. The smallest absolute Gasteiger partial charge is 0.266 e. The van der Waals surface area contributed by atoms with Gasteiger partial charge in [0.25, 0.3) is 5.56 Å². The van der Waals surface area contributed by atoms with Crippen LogP contribution in [0.5, 0.6) is 0 Å². The van der Waals surface area contributed by atoms with E-state index in [2.05, 4.69) is 5.10 Å². The predicted octanol–water partition coefficient (Wildman–Crippen LogP) is 1.93. The predicted molar refractivity (Wildman–Crippen MR) is 93.4 cm³/mol. The molecule has 3 heterocycles. The highest BCUT2D eigenvalue weighted by Crippen LogP contribution is 2.38. The molecule has 6 heteroatoms. The lowest BCUT2D eigenvalue weighted by Crippen LogP contribution is -2.41. The van der Waals surface area contributed by atoms with Crippen LogP contribution in [0.4, 0.5) is 0 Å². The van der Waals surface area contributed by atoms with E-state index in [1.807, 2.05) is 11.0 Å². The van der Waals surface area contributed by atoms with Crippen molar-refractivity contribution in [2.24, 2.45) is 5.92 Å². The van der Waals surface area contributed by atoms with Gasteiger partial charge < -0.3 is 9.64 Å². The number of piperidine rings is 1. The van der Waals surface area contributed by atoms with E-state index in [0.717, 1.165) is 51.1 Å². The van der Waals surface area contributed by atoms with Gasteiger partial charge in [0, 0.05) is 38.2 Å². The second kappa shape index (κ2) is 7.28. The second-order valence-corrected chi connectivity index (χ2v) is 7.72. The fourth-order valence-electron chi connectivity index (χ4n) is 3.93. The molecule has 4 rings (SSSR count). The number of carbonyl (C=O) groups excluding carboxylic acids is 1. The molecule has 1 amide bonds. The van der Waals surface area contributed by atoms with Crippen LogP contribution >= 0.6 is 0 Å². The van der Waals surface area contributed by atoms with Gasteiger partial charge in [0.2, 0.25) is 5.91 Å². The molecule has 0 N–H and O–H groups in total. The number of hydrogen-bond acceptors (Lipinski definition) is 4. The van der Waals surface area contributed by atoms with Gasteiger partial charge in [0.15, 0.2) is 0 Å². The van der Waals surface area contributed by atoms with Crippen LogP contribution in [0.2, 0.25) is 0 Å². The van der Waals surface area contributed by atoms with Crippen molar-refractivity contribution in [1.82, 2.24) is 14.7 Å². The van der Waals surface area contributed by atoms with E-state index in [-0.39, 0.29) is 17.6 Å². The Morgan fingerprint density at radius 2 is 1.96 bits per heavy atom. The van der Waals surface area contributed by atoms with Crippen molar-refractivity contribution in [3.05, 3.63) is 28.2 Å². The van der Waals surface area contributed by atoms with E-state index in [9.17, 15) is 9.59 Å². The Hall–Kier alpha value is -1.69. The standard InChI is InChI=1S/C19H27N3O3/c23-18-6-5-17(15-3-4-15)20-22(18)13-14-7-9-21(10-8-14)19(24)12-16-2-1-11-25-16/h5-6,14-16H,1-4,7-13H2. The Morgan fingerprint density at radius 1 is 1.16 bits per heavy atom. The van der Waals surface area contributed by atoms with Gasteiger partial charge in [-0.25, -0.2) is 4.68 Å². The quantitative estimate of drug-likeness (QED) is 0.818. The van der Waals surface area contributed by atoms with Gasteiger partial charge in [0.05, 0.1) is 18.2 Å². The monoisotopic (exact) mass is 345 g/mol. The van der Waals surface area contributed by atoms with Crippen molar-refractivity contribution in [2.75, 3.05) is 19.7 Å². The maximum atomic E-state index is 12.4. The van der Waals surface area contributed by atoms with Crippen molar-refractivity contribution < 1.29 is 9.53 Å². The third-order valence-electron chi connectivity index (χ3n) is 5.71. The van der Waals surface area contributed by atoms with Crippen molar-refractivity contribution >= 4 is 5.91 Å². The summed E-state index contributed by atoms with van der Waals surface area (Å²) in [5.74, 6) is 1.20. The molecule has 1 unspecified atom stereocenters. The van der Waals surface area contributed by atoms with Crippen molar-refractivity contribution in [3.63, 3.8) is 0 Å². The first kappa shape index (κ1) is 16.8. The lowest BCUT2D eigenvalue weighted by molar-refractivity contribution is -0.134. The summed E-state index contributed by atoms with van der Waals surface area (Å²) in [6, 6.07) is 3.53. The second-order valence-electron chi connectivity index (χ2n) is 7.72. The van der Waals surface area contributed by atoms with Crippen molar-refractivity contribution in [3.8, 4) is 0 Å². The Labute approximate surface area is 148 Å². The average Bonchev–Trinajstić information content (AvgIpc) is 3.35. The highest BCUT2D eigenvalue weighted by atomic mass is 16.5. The molecule has 25 heavy (non-hydrogen) atoms. The molecule has 0 aromatic carbocycles. The summed E-state index contributed by atoms with van der Waals surface area (Å²) < 4.78 is 7.21. The number of ether oxygens (including phenoxy) is 1. The SMILES string of the molecule is O=C(CC1CCCO1)N1CCC(Cn2nc(C3CC3)ccc2=O)CC1. The highest BCUT2D eigenvalue weighted by Gasteiger charge is 2.28. The molecule has 136 valence electrons. The van der Waals surface area contributed by atoms with Gasteiger partial charge in [-0.15, -0.1) is 0 Å². The number of rotatable bonds is 5. The van der Waals surface area contributed by atoms with Crippen LogP contribution in [0.1, 0.15) is 56.6 Å². The van der Waals surface area contributed by atoms with Crippen LogP contribution in [0, 0.1) is 5.92 Å². The summed E-state index contributed by atoms with van der Waals surface area (Å²) in [5, 5.41) is 4.56. The molecule has 1 aromatic heterocycles. The summed E-state index contributed by atoms with van der Waals surface area (Å²) >= 11 is 0. The average molecular weight is 345 g/mol. The maximum Gasteiger partial charge on any atom is 0.266 e. The van der Waals surface area contributed by atoms with Crippen LogP contribution in [-0.4, -0.2) is 46.4 Å². The van der Waals surface area contributed by atoms with Crippen LogP contribution in [-0.2, 0) is 16.1 Å². The molecule has 0 spiro atoms. The molecule has 1 aromatic rings. The first-order valence-electron chi connectivity index (χ1n) is 9.66. The minimum Gasteiger partial charge on any atom is -0.378 e. The number of hydrogen-bond donors (Lipinski definition) is 0. The van der Waals surface area contributed by atoms with E-state index >= 15 is 0 Å².